The molecule has 0 atom stereocenters. The molecule has 0 aliphatic rings. The van der Waals surface area contributed by atoms with Gasteiger partial charge in [0.15, 0.2) is 5.78 Å². The van der Waals surface area contributed by atoms with Gasteiger partial charge in [-0.2, -0.15) is 4.98 Å². The largest absolute Gasteiger partial charge is 0.354 e. The summed E-state index contributed by atoms with van der Waals surface area (Å²) in [5, 5.41) is 6.41. The summed E-state index contributed by atoms with van der Waals surface area (Å²) in [7, 11) is 4.10. The summed E-state index contributed by atoms with van der Waals surface area (Å²) >= 11 is 0. The zero-order chi connectivity index (χ0) is 16.7. The Labute approximate surface area is 137 Å². The average Bonchev–Trinajstić information content (AvgIpc) is 2.52. The zero-order valence-electron chi connectivity index (χ0n) is 13.8. The number of carbonyl (C=O) groups excluding carboxylic acids is 1. The standard InChI is InChI=1S/C17H23N5O/c1-13(23)14-6-4-7-15(12-14)20-16-8-10-19-17(21-16)18-9-5-11-22(2)3/h4,6-8,10,12H,5,9,11H2,1-3H3,(H2,18,19,20,21). The van der Waals surface area contributed by atoms with Crippen LogP contribution in [-0.2, 0) is 0 Å². The van der Waals surface area contributed by atoms with E-state index in [1.165, 1.54) is 0 Å². The minimum Gasteiger partial charge on any atom is -0.354 e. The number of rotatable bonds is 8. The van der Waals surface area contributed by atoms with Crippen molar-refractivity contribution in [1.82, 2.24) is 14.9 Å². The Bertz CT molecular complexity index is 657. The van der Waals surface area contributed by atoms with Gasteiger partial charge in [-0.25, -0.2) is 4.98 Å². The molecule has 2 N–H and O–H groups in total. The van der Waals surface area contributed by atoms with Crippen LogP contribution in [0.5, 0.6) is 0 Å². The highest BCUT2D eigenvalue weighted by Gasteiger charge is 2.03. The van der Waals surface area contributed by atoms with Gasteiger partial charge in [-0.1, -0.05) is 12.1 Å². The molecular weight excluding hydrogens is 290 g/mol. The van der Waals surface area contributed by atoms with Crippen LogP contribution in [0.2, 0.25) is 0 Å². The van der Waals surface area contributed by atoms with Crippen molar-refractivity contribution in [3.8, 4) is 0 Å². The molecule has 0 fully saturated rings. The molecule has 0 saturated carbocycles. The van der Waals surface area contributed by atoms with Gasteiger partial charge in [-0.15, -0.1) is 0 Å². The van der Waals surface area contributed by atoms with Gasteiger partial charge in [0, 0.05) is 24.0 Å². The van der Waals surface area contributed by atoms with Crippen molar-refractivity contribution in [2.75, 3.05) is 37.8 Å². The number of hydrogen-bond donors (Lipinski definition) is 2. The number of Topliss-reactive ketones (excluding diaryl/α,β-unsaturated/α-hetero) is 1. The number of aromatic nitrogens is 2. The molecule has 2 rings (SSSR count). The van der Waals surface area contributed by atoms with Gasteiger partial charge in [-0.05, 0) is 52.2 Å². The van der Waals surface area contributed by atoms with Crippen LogP contribution < -0.4 is 10.6 Å². The predicted molar refractivity (Wildman–Crippen MR) is 93.4 cm³/mol. The molecule has 0 radical (unpaired) electrons. The van der Waals surface area contributed by atoms with E-state index < -0.39 is 0 Å². The van der Waals surface area contributed by atoms with E-state index >= 15 is 0 Å². The smallest absolute Gasteiger partial charge is 0.224 e. The molecule has 122 valence electrons. The highest BCUT2D eigenvalue weighted by atomic mass is 16.1. The first kappa shape index (κ1) is 16.9. The number of ketones is 1. The van der Waals surface area contributed by atoms with Crippen molar-refractivity contribution < 1.29 is 4.79 Å². The van der Waals surface area contributed by atoms with Gasteiger partial charge in [-0.3, -0.25) is 4.79 Å². The highest BCUT2D eigenvalue weighted by molar-refractivity contribution is 5.95. The van der Waals surface area contributed by atoms with Crippen molar-refractivity contribution in [3.05, 3.63) is 42.1 Å². The fraction of sp³-hybridized carbons (Fsp3) is 0.353. The van der Waals surface area contributed by atoms with Crippen molar-refractivity contribution in [2.45, 2.75) is 13.3 Å². The average molecular weight is 313 g/mol. The summed E-state index contributed by atoms with van der Waals surface area (Å²) in [6, 6.07) is 9.16. The second-order valence-electron chi connectivity index (χ2n) is 5.61. The molecule has 23 heavy (non-hydrogen) atoms. The first-order valence-corrected chi connectivity index (χ1v) is 7.64. The molecule has 6 nitrogen and oxygen atoms in total. The van der Waals surface area contributed by atoms with E-state index in [4.69, 9.17) is 0 Å². The van der Waals surface area contributed by atoms with Crippen LogP contribution in [-0.4, -0.2) is 47.8 Å². The second kappa shape index (κ2) is 8.24. The van der Waals surface area contributed by atoms with Crippen LogP contribution in [0.1, 0.15) is 23.7 Å². The summed E-state index contributed by atoms with van der Waals surface area (Å²) in [4.78, 5) is 22.2. The Morgan fingerprint density at radius 1 is 1.26 bits per heavy atom. The Morgan fingerprint density at radius 2 is 2.09 bits per heavy atom. The maximum absolute atomic E-state index is 11.4. The molecule has 2 aromatic rings. The molecule has 1 heterocycles. The number of anilines is 3. The minimum atomic E-state index is 0.0413. The van der Waals surface area contributed by atoms with Crippen LogP contribution in [0.25, 0.3) is 0 Å². The van der Waals surface area contributed by atoms with Crippen molar-refractivity contribution >= 4 is 23.2 Å². The summed E-state index contributed by atoms with van der Waals surface area (Å²) in [6.07, 6.45) is 2.73. The molecule has 0 aliphatic heterocycles. The van der Waals surface area contributed by atoms with Crippen LogP contribution in [0.3, 0.4) is 0 Å². The van der Waals surface area contributed by atoms with Crippen molar-refractivity contribution in [1.29, 1.82) is 0 Å². The lowest BCUT2D eigenvalue weighted by Gasteiger charge is -2.11. The zero-order valence-corrected chi connectivity index (χ0v) is 13.8. The molecule has 0 aliphatic carbocycles. The summed E-state index contributed by atoms with van der Waals surface area (Å²) < 4.78 is 0. The molecule has 0 bridgehead atoms. The van der Waals surface area contributed by atoms with Gasteiger partial charge in [0.25, 0.3) is 0 Å². The maximum Gasteiger partial charge on any atom is 0.224 e. The third-order valence-corrected chi connectivity index (χ3v) is 3.26. The van der Waals surface area contributed by atoms with Crippen molar-refractivity contribution in [2.24, 2.45) is 0 Å². The monoisotopic (exact) mass is 313 g/mol. The number of nitrogens with zero attached hydrogens (tertiary/aromatic N) is 3. The van der Waals surface area contributed by atoms with Gasteiger partial charge < -0.3 is 15.5 Å². The Kier molecular flexibility index (Phi) is 6.05. The summed E-state index contributed by atoms with van der Waals surface area (Å²) in [5.74, 6) is 1.33. The lowest BCUT2D eigenvalue weighted by molar-refractivity contribution is 0.101. The van der Waals surface area contributed by atoms with E-state index in [9.17, 15) is 4.79 Å². The van der Waals surface area contributed by atoms with E-state index in [2.05, 4.69) is 39.6 Å². The lowest BCUT2D eigenvalue weighted by atomic mass is 10.1. The fourth-order valence-electron chi connectivity index (χ4n) is 2.07. The minimum absolute atomic E-state index is 0.0413. The number of nitrogens with one attached hydrogen (secondary N) is 2. The molecule has 6 heteroatoms. The third kappa shape index (κ3) is 5.67. The maximum atomic E-state index is 11.4. The normalized spacial score (nSPS) is 10.6. The van der Waals surface area contributed by atoms with Gasteiger partial charge in [0.1, 0.15) is 5.82 Å². The quantitative estimate of drug-likeness (QED) is 0.577. The summed E-state index contributed by atoms with van der Waals surface area (Å²) in [5.41, 5.74) is 1.50. The summed E-state index contributed by atoms with van der Waals surface area (Å²) in [6.45, 7) is 3.39. The molecule has 1 aromatic heterocycles. The van der Waals surface area contributed by atoms with Crippen molar-refractivity contribution in [3.63, 3.8) is 0 Å². The molecule has 0 spiro atoms. The van der Waals surface area contributed by atoms with Gasteiger partial charge >= 0.3 is 0 Å². The number of carbonyl (C=O) groups is 1. The van der Waals surface area contributed by atoms with Crippen LogP contribution in [0, 0.1) is 0 Å². The van der Waals surface area contributed by atoms with E-state index in [0.717, 1.165) is 25.2 Å². The fourth-order valence-corrected chi connectivity index (χ4v) is 2.07. The third-order valence-electron chi connectivity index (χ3n) is 3.26. The van der Waals surface area contributed by atoms with Crippen LogP contribution in [0.15, 0.2) is 36.5 Å². The topological polar surface area (TPSA) is 70.2 Å². The van der Waals surface area contributed by atoms with E-state index in [0.29, 0.717) is 17.3 Å². The lowest BCUT2D eigenvalue weighted by Crippen LogP contribution is -2.17. The SMILES string of the molecule is CC(=O)c1cccc(Nc2ccnc(NCCCN(C)C)n2)c1. The number of benzene rings is 1. The Hall–Kier alpha value is -2.47. The van der Waals surface area contributed by atoms with E-state index in [-0.39, 0.29) is 5.78 Å². The molecule has 0 amide bonds. The highest BCUT2D eigenvalue weighted by Crippen LogP contribution is 2.17. The van der Waals surface area contributed by atoms with Gasteiger partial charge in [0.2, 0.25) is 5.95 Å². The van der Waals surface area contributed by atoms with Crippen LogP contribution in [0.4, 0.5) is 17.5 Å². The van der Waals surface area contributed by atoms with E-state index in [1.807, 2.05) is 18.2 Å². The Morgan fingerprint density at radius 3 is 2.83 bits per heavy atom. The van der Waals surface area contributed by atoms with Gasteiger partial charge in [0.05, 0.1) is 0 Å². The molecular formula is C17H23N5O. The predicted octanol–water partition coefficient (Wildman–Crippen LogP) is 2.79. The Balaban J connectivity index is 1.97. The van der Waals surface area contributed by atoms with E-state index in [1.54, 1.807) is 25.3 Å². The molecule has 0 unspecified atom stereocenters. The molecule has 0 saturated heterocycles. The first-order valence-electron chi connectivity index (χ1n) is 7.64. The molecule has 1 aromatic carbocycles. The second-order valence-corrected chi connectivity index (χ2v) is 5.61. The van der Waals surface area contributed by atoms with Crippen LogP contribution >= 0.6 is 0 Å². The number of hydrogen-bond acceptors (Lipinski definition) is 6. The first-order chi connectivity index (χ1) is 11.0.